The number of fused-ring (bicyclic) bond motifs is 2. The minimum absolute atomic E-state index is 0.00885. The molecule has 4 nitrogen and oxygen atoms in total. The van der Waals surface area contributed by atoms with Crippen molar-refractivity contribution in [2.75, 3.05) is 6.61 Å². The maximum atomic E-state index is 16.1. The van der Waals surface area contributed by atoms with Crippen LogP contribution in [-0.2, 0) is 19.0 Å². The van der Waals surface area contributed by atoms with Gasteiger partial charge in [0.1, 0.15) is 17.8 Å². The van der Waals surface area contributed by atoms with Crippen molar-refractivity contribution in [1.29, 1.82) is 0 Å². The molecule has 3 saturated carbocycles. The van der Waals surface area contributed by atoms with Crippen molar-refractivity contribution in [2.24, 2.45) is 28.6 Å². The number of hydrogen-bond donors (Lipinski definition) is 0. The summed E-state index contributed by atoms with van der Waals surface area (Å²) in [5.41, 5.74) is 0.635. The molecule has 9 atom stereocenters. The molecular weight excluding hydrogens is 335 g/mol. The van der Waals surface area contributed by atoms with E-state index < -0.39 is 17.4 Å². The molecule has 8 rings (SSSR count). The van der Waals surface area contributed by atoms with Gasteiger partial charge in [-0.15, -0.1) is 0 Å². The monoisotopic (exact) mass is 360 g/mol. The number of esters is 1. The van der Waals surface area contributed by atoms with E-state index >= 15 is 4.39 Å². The Kier molecular flexibility index (Phi) is 2.20. The first kappa shape index (κ1) is 15.0. The summed E-state index contributed by atoms with van der Waals surface area (Å²) in [5.74, 6) is 0.650. The van der Waals surface area contributed by atoms with E-state index in [1.807, 2.05) is 0 Å². The van der Waals surface area contributed by atoms with Crippen LogP contribution in [0.15, 0.2) is 11.1 Å². The van der Waals surface area contributed by atoms with Gasteiger partial charge in [-0.3, -0.25) is 0 Å². The van der Waals surface area contributed by atoms with Crippen LogP contribution in [0.4, 0.5) is 4.39 Å². The van der Waals surface area contributed by atoms with Crippen molar-refractivity contribution >= 4 is 5.97 Å². The number of hydrogen-bond acceptors (Lipinski definition) is 4. The Balaban J connectivity index is 1.39. The molecule has 3 saturated heterocycles. The van der Waals surface area contributed by atoms with Crippen molar-refractivity contribution < 1.29 is 23.4 Å². The van der Waals surface area contributed by atoms with Crippen molar-refractivity contribution in [3.05, 3.63) is 11.1 Å². The van der Waals surface area contributed by atoms with Gasteiger partial charge >= 0.3 is 5.97 Å². The maximum absolute atomic E-state index is 16.1. The van der Waals surface area contributed by atoms with Gasteiger partial charge in [0.25, 0.3) is 0 Å². The summed E-state index contributed by atoms with van der Waals surface area (Å²) in [6.07, 6.45) is 2.56. The molecule has 5 heteroatoms. The zero-order chi connectivity index (χ0) is 17.9. The SMILES string of the molecule is CC(C)[C@]12O[C@H]1[C@@H]1C[C@@]13[C@@]1(C)CCC4=C(COC4=O)[C@@H]1C1C[C@@]3(O1)[C@H]2F. The summed E-state index contributed by atoms with van der Waals surface area (Å²) in [5, 5.41) is 0. The third kappa shape index (κ3) is 1.12. The van der Waals surface area contributed by atoms with Gasteiger partial charge in [0.15, 0.2) is 6.17 Å². The highest BCUT2D eigenvalue weighted by atomic mass is 19.1. The van der Waals surface area contributed by atoms with E-state index in [1.54, 1.807) is 0 Å². The van der Waals surface area contributed by atoms with E-state index in [0.717, 1.165) is 36.8 Å². The first-order valence-corrected chi connectivity index (χ1v) is 10.2. The molecule has 0 aromatic rings. The summed E-state index contributed by atoms with van der Waals surface area (Å²) in [6, 6.07) is 0. The molecule has 6 fully saturated rings. The molecule has 0 amide bonds. The Morgan fingerprint density at radius 3 is 2.73 bits per heavy atom. The Morgan fingerprint density at radius 1 is 1.23 bits per heavy atom. The van der Waals surface area contributed by atoms with Gasteiger partial charge in [0.05, 0.1) is 12.2 Å². The lowest BCUT2D eigenvalue weighted by atomic mass is 9.41. The standard InChI is InChI=1S/C21H25FO4/c1-9(2)21-15(26-21)12-6-19(12)18(3)5-4-10-11(8-24-16(10)23)14(18)13-7-20(19,25-13)17(21)22/h9,12-15,17H,4-8H2,1-3H3/t12-,13?,14+,15-,17+,18-,19-,20+,21-/m0/s1. The fourth-order valence-electron chi connectivity index (χ4n) is 8.66. The zero-order valence-corrected chi connectivity index (χ0v) is 15.5. The lowest BCUT2D eigenvalue weighted by molar-refractivity contribution is -0.369. The van der Waals surface area contributed by atoms with Gasteiger partial charge in [-0.25, -0.2) is 9.18 Å². The number of epoxide rings is 1. The van der Waals surface area contributed by atoms with Crippen LogP contribution < -0.4 is 0 Å². The molecule has 140 valence electrons. The van der Waals surface area contributed by atoms with E-state index in [9.17, 15) is 4.79 Å². The highest BCUT2D eigenvalue weighted by Gasteiger charge is 2.96. The third-order valence-electron chi connectivity index (χ3n) is 9.77. The number of ether oxygens (including phenoxy) is 3. The third-order valence-corrected chi connectivity index (χ3v) is 9.77. The number of carbonyl (C=O) groups excluding carboxylic acids is 1. The van der Waals surface area contributed by atoms with Gasteiger partial charge in [-0.1, -0.05) is 20.8 Å². The fraction of sp³-hybridized carbons (Fsp3) is 0.857. The summed E-state index contributed by atoms with van der Waals surface area (Å²) in [6.45, 7) is 6.94. The summed E-state index contributed by atoms with van der Waals surface area (Å²) < 4.78 is 34.1. The molecule has 8 aliphatic rings. The molecule has 0 N–H and O–H groups in total. The van der Waals surface area contributed by atoms with Gasteiger partial charge in [-0.05, 0) is 42.1 Å². The highest BCUT2D eigenvalue weighted by molar-refractivity contribution is 5.92. The van der Waals surface area contributed by atoms with Crippen LogP contribution in [0.5, 0.6) is 0 Å². The van der Waals surface area contributed by atoms with E-state index in [2.05, 4.69) is 20.8 Å². The molecule has 0 aromatic carbocycles. The minimum Gasteiger partial charge on any atom is -0.458 e. The van der Waals surface area contributed by atoms with Crippen LogP contribution in [0.1, 0.15) is 46.5 Å². The molecule has 4 heterocycles. The number of carbonyl (C=O) groups is 1. The van der Waals surface area contributed by atoms with E-state index in [-0.39, 0.29) is 40.8 Å². The van der Waals surface area contributed by atoms with Gasteiger partial charge < -0.3 is 14.2 Å². The van der Waals surface area contributed by atoms with Crippen LogP contribution in [0.25, 0.3) is 0 Å². The minimum atomic E-state index is -1.04. The smallest absolute Gasteiger partial charge is 0.334 e. The summed E-state index contributed by atoms with van der Waals surface area (Å²) in [7, 11) is 0. The number of cyclic esters (lactones) is 1. The summed E-state index contributed by atoms with van der Waals surface area (Å²) >= 11 is 0. The second-order valence-corrected chi connectivity index (χ2v) is 10.4. The molecule has 0 aromatic heterocycles. The second kappa shape index (κ2) is 3.80. The Labute approximate surface area is 152 Å². The molecule has 4 aliphatic heterocycles. The van der Waals surface area contributed by atoms with Crippen molar-refractivity contribution in [1.82, 2.24) is 0 Å². The van der Waals surface area contributed by atoms with E-state index in [4.69, 9.17) is 14.2 Å². The predicted molar refractivity (Wildman–Crippen MR) is 88.9 cm³/mol. The Bertz CT molecular complexity index is 813. The van der Waals surface area contributed by atoms with Crippen LogP contribution in [0.3, 0.4) is 0 Å². The highest BCUT2D eigenvalue weighted by Crippen LogP contribution is 2.89. The Morgan fingerprint density at radius 2 is 2.00 bits per heavy atom. The topological polar surface area (TPSA) is 48.1 Å². The predicted octanol–water partition coefficient (Wildman–Crippen LogP) is 2.95. The fourth-order valence-corrected chi connectivity index (χ4v) is 8.66. The largest absolute Gasteiger partial charge is 0.458 e. The Hall–Kier alpha value is -0.940. The normalized spacial score (nSPS) is 63.1. The lowest BCUT2D eigenvalue weighted by Gasteiger charge is -2.72. The quantitative estimate of drug-likeness (QED) is 0.533. The van der Waals surface area contributed by atoms with Crippen LogP contribution in [0, 0.1) is 28.6 Å². The molecular formula is C21H25FO4. The molecule has 4 aliphatic carbocycles. The first-order valence-electron chi connectivity index (χ1n) is 10.2. The molecule has 2 bridgehead atoms. The maximum Gasteiger partial charge on any atom is 0.334 e. The average Bonchev–Trinajstić information content (AvgIpc) is 3.42. The second-order valence-electron chi connectivity index (χ2n) is 10.4. The van der Waals surface area contributed by atoms with Crippen LogP contribution >= 0.6 is 0 Å². The van der Waals surface area contributed by atoms with Crippen molar-refractivity contribution in [2.45, 2.75) is 76.0 Å². The van der Waals surface area contributed by atoms with Gasteiger partial charge in [-0.2, -0.15) is 0 Å². The molecule has 26 heavy (non-hydrogen) atoms. The van der Waals surface area contributed by atoms with Crippen molar-refractivity contribution in [3.8, 4) is 0 Å². The zero-order valence-electron chi connectivity index (χ0n) is 15.5. The first-order chi connectivity index (χ1) is 12.3. The van der Waals surface area contributed by atoms with Crippen molar-refractivity contribution in [3.63, 3.8) is 0 Å². The van der Waals surface area contributed by atoms with E-state index in [1.165, 1.54) is 0 Å². The number of alkyl halides is 1. The van der Waals surface area contributed by atoms with Crippen LogP contribution in [-0.4, -0.2) is 42.2 Å². The molecule has 2 spiro atoms. The number of halogens is 1. The number of rotatable bonds is 1. The lowest BCUT2D eigenvalue weighted by Crippen LogP contribution is -2.79. The molecule has 1 unspecified atom stereocenters. The summed E-state index contributed by atoms with van der Waals surface area (Å²) in [4.78, 5) is 12.1. The van der Waals surface area contributed by atoms with Crippen LogP contribution in [0.2, 0.25) is 0 Å². The van der Waals surface area contributed by atoms with E-state index in [0.29, 0.717) is 12.5 Å². The molecule has 0 radical (unpaired) electrons. The average molecular weight is 360 g/mol. The van der Waals surface area contributed by atoms with Gasteiger partial charge in [0.2, 0.25) is 0 Å². The van der Waals surface area contributed by atoms with Gasteiger partial charge in [0, 0.05) is 23.3 Å².